The second-order valence-corrected chi connectivity index (χ2v) is 7.24. The maximum Gasteiger partial charge on any atom is 0.224 e. The third-order valence-corrected chi connectivity index (χ3v) is 5.93. The molecule has 1 atom stereocenters. The number of ether oxygens (including phenoxy) is 2. The van der Waals surface area contributed by atoms with E-state index in [0.29, 0.717) is 6.42 Å². The lowest BCUT2D eigenvalue weighted by molar-refractivity contribution is -0.132. The van der Waals surface area contributed by atoms with Crippen molar-refractivity contribution in [3.63, 3.8) is 0 Å². The van der Waals surface area contributed by atoms with E-state index >= 15 is 0 Å². The van der Waals surface area contributed by atoms with Gasteiger partial charge >= 0.3 is 0 Å². The molecule has 0 spiro atoms. The van der Waals surface area contributed by atoms with E-state index in [0.717, 1.165) is 55.4 Å². The fourth-order valence-corrected chi connectivity index (χ4v) is 4.44. The quantitative estimate of drug-likeness (QED) is 0.670. The predicted molar refractivity (Wildman–Crippen MR) is 103 cm³/mol. The topological polar surface area (TPSA) is 42.0 Å². The molecule has 1 fully saturated rings. The number of amides is 1. The van der Waals surface area contributed by atoms with Crippen LogP contribution in [0.15, 0.2) is 18.2 Å². The summed E-state index contributed by atoms with van der Waals surface area (Å²) in [6.07, 6.45) is 1.59. The van der Waals surface area contributed by atoms with Gasteiger partial charge < -0.3 is 19.3 Å². The molecule has 6 heteroatoms. The molecular formula is C19H30N2O3S. The molecule has 5 nitrogen and oxygen atoms in total. The Morgan fingerprint density at radius 1 is 1.24 bits per heavy atom. The number of benzene rings is 1. The standard InChI is InChI=1S/C19H30N2O3S/c1-5-20(6-2)11-7-12-21-18(22)10-13-25-19(21)16-14-15(23-3)8-9-17(16)24-4/h8-9,14,19H,5-7,10-13H2,1-4H3. The summed E-state index contributed by atoms with van der Waals surface area (Å²) in [4.78, 5) is 17.0. The van der Waals surface area contributed by atoms with Gasteiger partial charge in [-0.3, -0.25) is 4.79 Å². The Morgan fingerprint density at radius 3 is 2.64 bits per heavy atom. The van der Waals surface area contributed by atoms with Crippen molar-refractivity contribution in [3.8, 4) is 11.5 Å². The van der Waals surface area contributed by atoms with Gasteiger partial charge in [0.15, 0.2) is 0 Å². The highest BCUT2D eigenvalue weighted by atomic mass is 32.2. The molecule has 1 aromatic rings. The van der Waals surface area contributed by atoms with E-state index in [1.807, 2.05) is 23.1 Å². The molecule has 140 valence electrons. The molecule has 25 heavy (non-hydrogen) atoms. The van der Waals surface area contributed by atoms with Crippen LogP contribution >= 0.6 is 11.8 Å². The molecule has 0 saturated carbocycles. The Balaban J connectivity index is 2.17. The molecule has 1 heterocycles. The molecule has 0 aliphatic carbocycles. The number of carbonyl (C=O) groups excluding carboxylic acids is 1. The van der Waals surface area contributed by atoms with Crippen LogP contribution in [-0.2, 0) is 4.79 Å². The first-order chi connectivity index (χ1) is 12.1. The first-order valence-corrected chi connectivity index (χ1v) is 10.0. The van der Waals surface area contributed by atoms with Gasteiger partial charge in [0.1, 0.15) is 16.9 Å². The minimum Gasteiger partial charge on any atom is -0.497 e. The van der Waals surface area contributed by atoms with Crippen molar-refractivity contribution in [2.75, 3.05) is 46.2 Å². The largest absolute Gasteiger partial charge is 0.497 e. The molecule has 2 rings (SSSR count). The Bertz CT molecular complexity index is 564. The highest BCUT2D eigenvalue weighted by Gasteiger charge is 2.31. The number of methoxy groups -OCH3 is 2. The van der Waals surface area contributed by atoms with E-state index in [1.54, 1.807) is 26.0 Å². The number of hydrogen-bond donors (Lipinski definition) is 0. The maximum absolute atomic E-state index is 12.6. The minimum atomic E-state index is -0.0111. The van der Waals surface area contributed by atoms with Crippen LogP contribution in [0.3, 0.4) is 0 Å². The number of rotatable bonds is 9. The van der Waals surface area contributed by atoms with Crippen molar-refractivity contribution in [2.45, 2.75) is 32.1 Å². The van der Waals surface area contributed by atoms with Crippen LogP contribution in [0.2, 0.25) is 0 Å². The highest BCUT2D eigenvalue weighted by molar-refractivity contribution is 7.99. The molecule has 0 radical (unpaired) electrons. The van der Waals surface area contributed by atoms with E-state index in [2.05, 4.69) is 18.7 Å². The third kappa shape index (κ3) is 5.05. The molecular weight excluding hydrogens is 336 g/mol. The van der Waals surface area contributed by atoms with Gasteiger partial charge in [-0.05, 0) is 44.3 Å². The average molecular weight is 367 g/mol. The number of thioether (sulfide) groups is 1. The molecule has 0 aromatic heterocycles. The number of hydrogen-bond acceptors (Lipinski definition) is 5. The summed E-state index contributed by atoms with van der Waals surface area (Å²) < 4.78 is 10.9. The molecule has 0 bridgehead atoms. The van der Waals surface area contributed by atoms with Gasteiger partial charge in [-0.1, -0.05) is 13.8 Å². The van der Waals surface area contributed by atoms with E-state index in [4.69, 9.17) is 9.47 Å². The Morgan fingerprint density at radius 2 is 2.00 bits per heavy atom. The molecule has 1 saturated heterocycles. The fourth-order valence-electron chi connectivity index (χ4n) is 3.16. The third-order valence-electron chi connectivity index (χ3n) is 4.67. The van der Waals surface area contributed by atoms with Crippen molar-refractivity contribution in [1.29, 1.82) is 0 Å². The lowest BCUT2D eigenvalue weighted by Crippen LogP contribution is -2.39. The molecule has 1 aliphatic heterocycles. The highest BCUT2D eigenvalue weighted by Crippen LogP contribution is 2.42. The average Bonchev–Trinajstić information content (AvgIpc) is 2.65. The van der Waals surface area contributed by atoms with E-state index in [-0.39, 0.29) is 11.3 Å². The monoisotopic (exact) mass is 366 g/mol. The van der Waals surface area contributed by atoms with Crippen LogP contribution in [-0.4, -0.2) is 61.9 Å². The Labute approximate surface area is 155 Å². The summed E-state index contributed by atoms with van der Waals surface area (Å²) in [6.45, 7) is 8.24. The van der Waals surface area contributed by atoms with Gasteiger partial charge in [-0.15, -0.1) is 11.8 Å². The lowest BCUT2D eigenvalue weighted by atomic mass is 10.1. The second kappa shape index (κ2) is 9.92. The predicted octanol–water partition coefficient (Wildman–Crippen LogP) is 3.40. The number of carbonyl (C=O) groups is 1. The van der Waals surface area contributed by atoms with Crippen LogP contribution < -0.4 is 9.47 Å². The van der Waals surface area contributed by atoms with Crippen LogP contribution in [0, 0.1) is 0 Å². The zero-order valence-corrected chi connectivity index (χ0v) is 16.6. The normalized spacial score (nSPS) is 17.9. The SMILES string of the molecule is CCN(CC)CCCN1C(=O)CCSC1c1cc(OC)ccc1OC. The van der Waals surface area contributed by atoms with Crippen LogP contribution in [0.25, 0.3) is 0 Å². The van der Waals surface area contributed by atoms with Crippen molar-refractivity contribution >= 4 is 17.7 Å². The molecule has 1 amide bonds. The first kappa shape index (κ1) is 19.9. The van der Waals surface area contributed by atoms with Crippen LogP contribution in [0.4, 0.5) is 0 Å². The van der Waals surface area contributed by atoms with Gasteiger partial charge in [-0.25, -0.2) is 0 Å². The molecule has 1 aliphatic rings. The van der Waals surface area contributed by atoms with E-state index in [9.17, 15) is 4.79 Å². The van der Waals surface area contributed by atoms with E-state index in [1.165, 1.54) is 0 Å². The van der Waals surface area contributed by atoms with E-state index < -0.39 is 0 Å². The van der Waals surface area contributed by atoms with Gasteiger partial charge in [0.05, 0.1) is 14.2 Å². The summed E-state index contributed by atoms with van der Waals surface area (Å²) in [6, 6.07) is 5.80. The minimum absolute atomic E-state index is 0.0111. The molecule has 1 unspecified atom stereocenters. The number of nitrogens with zero attached hydrogens (tertiary/aromatic N) is 2. The zero-order chi connectivity index (χ0) is 18.2. The van der Waals surface area contributed by atoms with Crippen molar-refractivity contribution in [2.24, 2.45) is 0 Å². The van der Waals surface area contributed by atoms with Crippen molar-refractivity contribution < 1.29 is 14.3 Å². The second-order valence-electron chi connectivity index (χ2n) is 6.05. The Hall–Kier alpha value is -1.40. The summed E-state index contributed by atoms with van der Waals surface area (Å²) >= 11 is 1.80. The van der Waals surface area contributed by atoms with Gasteiger partial charge in [-0.2, -0.15) is 0 Å². The van der Waals surface area contributed by atoms with Crippen molar-refractivity contribution in [1.82, 2.24) is 9.80 Å². The van der Waals surface area contributed by atoms with Crippen molar-refractivity contribution in [3.05, 3.63) is 23.8 Å². The van der Waals surface area contributed by atoms with Gasteiger partial charge in [0.25, 0.3) is 0 Å². The molecule has 0 N–H and O–H groups in total. The summed E-state index contributed by atoms with van der Waals surface area (Å²) in [7, 11) is 3.33. The Kier molecular flexibility index (Phi) is 7.90. The lowest BCUT2D eigenvalue weighted by Gasteiger charge is -2.36. The molecule has 1 aromatic carbocycles. The zero-order valence-electron chi connectivity index (χ0n) is 15.8. The summed E-state index contributed by atoms with van der Waals surface area (Å²) in [5.74, 6) is 2.67. The fraction of sp³-hybridized carbons (Fsp3) is 0.632. The van der Waals surface area contributed by atoms with Gasteiger partial charge in [0.2, 0.25) is 5.91 Å². The van der Waals surface area contributed by atoms with Gasteiger partial charge in [0, 0.05) is 24.3 Å². The van der Waals surface area contributed by atoms with Crippen LogP contribution in [0.1, 0.15) is 37.6 Å². The maximum atomic E-state index is 12.6. The summed E-state index contributed by atoms with van der Waals surface area (Å²) in [5, 5.41) is -0.0111. The summed E-state index contributed by atoms with van der Waals surface area (Å²) in [5.41, 5.74) is 1.02. The van der Waals surface area contributed by atoms with Crippen LogP contribution in [0.5, 0.6) is 11.5 Å². The smallest absolute Gasteiger partial charge is 0.224 e. The first-order valence-electron chi connectivity index (χ1n) is 8.99.